The summed E-state index contributed by atoms with van der Waals surface area (Å²) in [5.74, 6) is 1.76. The molecule has 5 rings (SSSR count). The van der Waals surface area contributed by atoms with Crippen LogP contribution in [0.4, 0.5) is 5.69 Å². The third-order valence-electron chi connectivity index (χ3n) is 6.43. The van der Waals surface area contributed by atoms with Crippen LogP contribution in [0.2, 0.25) is 0 Å². The fourth-order valence-corrected chi connectivity index (χ4v) is 5.16. The molecule has 1 aliphatic heterocycles. The molecule has 0 saturated carbocycles. The predicted octanol–water partition coefficient (Wildman–Crippen LogP) is 5.38. The first-order chi connectivity index (χ1) is 16.5. The maximum atomic E-state index is 5.87. The van der Waals surface area contributed by atoms with Crippen molar-refractivity contribution in [2.24, 2.45) is 0 Å². The molecule has 0 amide bonds. The lowest BCUT2D eigenvalue weighted by molar-refractivity contribution is 0.415. The molecule has 0 bridgehead atoms. The zero-order chi connectivity index (χ0) is 23.8. The van der Waals surface area contributed by atoms with E-state index in [1.54, 1.807) is 7.11 Å². The van der Waals surface area contributed by atoms with Crippen molar-refractivity contribution in [2.75, 3.05) is 12.0 Å². The molecule has 3 aromatic heterocycles. The maximum Gasteiger partial charge on any atom is 0.174 e. The number of rotatable bonds is 5. The Morgan fingerprint density at radius 3 is 2.38 bits per heavy atom. The summed E-state index contributed by atoms with van der Waals surface area (Å²) in [7, 11) is 1.67. The summed E-state index contributed by atoms with van der Waals surface area (Å²) in [4.78, 5) is 11.5. The summed E-state index contributed by atoms with van der Waals surface area (Å²) in [6, 6.07) is 20.1. The van der Waals surface area contributed by atoms with Crippen molar-refractivity contribution in [2.45, 2.75) is 32.9 Å². The Bertz CT molecular complexity index is 1330. The van der Waals surface area contributed by atoms with Gasteiger partial charge in [-0.05, 0) is 92.6 Å². The van der Waals surface area contributed by atoms with Gasteiger partial charge in [0.15, 0.2) is 5.11 Å². The zero-order valence-electron chi connectivity index (χ0n) is 19.7. The number of aromatic nitrogens is 3. The minimum atomic E-state index is -0.102. The lowest BCUT2D eigenvalue weighted by Gasteiger charge is -2.28. The Morgan fingerprint density at radius 1 is 0.941 bits per heavy atom. The number of hydrogen-bond donors (Lipinski definition) is 1. The van der Waals surface area contributed by atoms with E-state index in [1.807, 2.05) is 60.9 Å². The number of nitrogens with zero attached hydrogens (tertiary/aromatic N) is 4. The highest BCUT2D eigenvalue weighted by atomic mass is 32.1. The van der Waals surface area contributed by atoms with Crippen LogP contribution in [0.15, 0.2) is 73.1 Å². The molecule has 0 aliphatic carbocycles. The Balaban J connectivity index is 1.68. The van der Waals surface area contributed by atoms with Crippen molar-refractivity contribution in [3.05, 3.63) is 101 Å². The molecule has 172 valence electrons. The van der Waals surface area contributed by atoms with Gasteiger partial charge >= 0.3 is 0 Å². The molecule has 0 radical (unpaired) electrons. The number of nitrogens with one attached hydrogen (secondary N) is 1. The number of ether oxygens (including phenoxy) is 1. The fraction of sp³-hybridized carbons (Fsp3) is 0.222. The Kier molecular flexibility index (Phi) is 5.79. The summed E-state index contributed by atoms with van der Waals surface area (Å²) in [6.45, 7) is 6.37. The van der Waals surface area contributed by atoms with Gasteiger partial charge < -0.3 is 19.5 Å². The smallest absolute Gasteiger partial charge is 0.174 e. The monoisotopic (exact) mass is 469 g/mol. The largest absolute Gasteiger partial charge is 0.497 e. The standard InChI is InChI=1S/C27H27N5OS/c1-17-8-7-15-29-26(17)31-18(2)16-22(19(31)3)25-24(23-9-5-6-14-28-23)30-27(34)32(25)20-10-12-21(33-4)13-11-20/h5-16,24-25H,1-4H3,(H,30,34)/t24-,25-/m0/s1. The lowest BCUT2D eigenvalue weighted by atomic mass is 9.96. The minimum absolute atomic E-state index is 0.0836. The van der Waals surface area contributed by atoms with Crippen molar-refractivity contribution < 1.29 is 4.74 Å². The van der Waals surface area contributed by atoms with Crippen LogP contribution in [-0.2, 0) is 0 Å². The Hall–Kier alpha value is -3.71. The molecule has 0 spiro atoms. The third kappa shape index (κ3) is 3.72. The average molecular weight is 470 g/mol. The van der Waals surface area contributed by atoms with Crippen LogP contribution in [0.3, 0.4) is 0 Å². The van der Waals surface area contributed by atoms with Crippen LogP contribution in [0.1, 0.15) is 40.3 Å². The van der Waals surface area contributed by atoms with Gasteiger partial charge in [-0.25, -0.2) is 4.98 Å². The fourth-order valence-electron chi connectivity index (χ4n) is 4.82. The van der Waals surface area contributed by atoms with Gasteiger partial charge in [-0.3, -0.25) is 4.98 Å². The molecule has 4 aromatic rings. The van der Waals surface area contributed by atoms with E-state index in [4.69, 9.17) is 17.0 Å². The molecule has 7 heteroatoms. The molecular weight excluding hydrogens is 442 g/mol. The highest BCUT2D eigenvalue weighted by Crippen LogP contribution is 2.44. The number of aryl methyl sites for hydroxylation is 2. The van der Waals surface area contributed by atoms with Gasteiger partial charge in [0.1, 0.15) is 11.6 Å². The second kappa shape index (κ2) is 8.91. The maximum absolute atomic E-state index is 5.87. The minimum Gasteiger partial charge on any atom is -0.497 e. The molecule has 4 heterocycles. The normalized spacial score (nSPS) is 17.6. The van der Waals surface area contributed by atoms with Gasteiger partial charge in [-0.1, -0.05) is 12.1 Å². The van der Waals surface area contributed by atoms with E-state index in [9.17, 15) is 0 Å². The lowest BCUT2D eigenvalue weighted by Crippen LogP contribution is -2.29. The molecule has 34 heavy (non-hydrogen) atoms. The number of thiocarbonyl (C=S) groups is 1. The van der Waals surface area contributed by atoms with Gasteiger partial charge in [-0.15, -0.1) is 0 Å². The van der Waals surface area contributed by atoms with E-state index in [0.29, 0.717) is 5.11 Å². The van der Waals surface area contributed by atoms with Crippen LogP contribution in [0.25, 0.3) is 5.82 Å². The van der Waals surface area contributed by atoms with Crippen LogP contribution >= 0.6 is 12.2 Å². The number of pyridine rings is 2. The van der Waals surface area contributed by atoms with E-state index < -0.39 is 0 Å². The molecule has 1 fully saturated rings. The van der Waals surface area contributed by atoms with Crippen LogP contribution < -0.4 is 15.0 Å². The van der Waals surface area contributed by atoms with Crippen LogP contribution in [0.5, 0.6) is 5.75 Å². The first-order valence-electron chi connectivity index (χ1n) is 11.2. The van der Waals surface area contributed by atoms with E-state index in [2.05, 4.69) is 57.7 Å². The zero-order valence-corrected chi connectivity index (χ0v) is 20.5. The van der Waals surface area contributed by atoms with E-state index in [1.165, 1.54) is 5.56 Å². The quantitative estimate of drug-likeness (QED) is 0.396. The van der Waals surface area contributed by atoms with E-state index in [0.717, 1.165) is 39.9 Å². The van der Waals surface area contributed by atoms with Gasteiger partial charge in [0.05, 0.1) is 24.9 Å². The number of benzene rings is 1. The summed E-state index contributed by atoms with van der Waals surface area (Å²) in [5, 5.41) is 4.21. The molecule has 1 aromatic carbocycles. The summed E-state index contributed by atoms with van der Waals surface area (Å²) < 4.78 is 7.60. The van der Waals surface area contributed by atoms with Crippen molar-refractivity contribution in [3.63, 3.8) is 0 Å². The third-order valence-corrected chi connectivity index (χ3v) is 6.75. The first-order valence-corrected chi connectivity index (χ1v) is 11.7. The Labute approximate surface area is 205 Å². The van der Waals surface area contributed by atoms with Gasteiger partial charge in [0.2, 0.25) is 0 Å². The first kappa shape index (κ1) is 22.1. The molecule has 1 N–H and O–H groups in total. The van der Waals surface area contributed by atoms with Crippen LogP contribution in [0, 0.1) is 20.8 Å². The highest BCUT2D eigenvalue weighted by Gasteiger charge is 2.42. The van der Waals surface area contributed by atoms with Gasteiger partial charge in [0.25, 0.3) is 0 Å². The van der Waals surface area contributed by atoms with Gasteiger partial charge in [-0.2, -0.15) is 0 Å². The van der Waals surface area contributed by atoms with Gasteiger partial charge in [0, 0.05) is 29.5 Å². The topological polar surface area (TPSA) is 55.2 Å². The number of hydrogen-bond acceptors (Lipinski definition) is 4. The number of methoxy groups -OCH3 is 1. The summed E-state index contributed by atoms with van der Waals surface area (Å²) >= 11 is 5.87. The van der Waals surface area contributed by atoms with E-state index in [-0.39, 0.29) is 12.1 Å². The second-order valence-electron chi connectivity index (χ2n) is 8.50. The summed E-state index contributed by atoms with van der Waals surface area (Å²) in [5.41, 5.74) is 6.52. The summed E-state index contributed by atoms with van der Waals surface area (Å²) in [6.07, 6.45) is 3.67. The SMILES string of the molecule is COc1ccc(N2C(=S)N[C@@H](c3ccccn3)[C@@H]2c2cc(C)n(-c3ncccc3C)c2C)cc1. The van der Waals surface area contributed by atoms with Crippen molar-refractivity contribution in [1.29, 1.82) is 0 Å². The van der Waals surface area contributed by atoms with Crippen molar-refractivity contribution >= 4 is 23.0 Å². The van der Waals surface area contributed by atoms with Crippen molar-refractivity contribution in [3.8, 4) is 11.6 Å². The molecule has 2 atom stereocenters. The molecular formula is C27H27N5OS. The highest BCUT2D eigenvalue weighted by molar-refractivity contribution is 7.80. The molecule has 0 unspecified atom stereocenters. The van der Waals surface area contributed by atoms with Crippen LogP contribution in [-0.4, -0.2) is 26.8 Å². The number of anilines is 1. The van der Waals surface area contributed by atoms with E-state index >= 15 is 0 Å². The Morgan fingerprint density at radius 2 is 1.71 bits per heavy atom. The average Bonchev–Trinajstić information content (AvgIpc) is 3.35. The molecule has 6 nitrogen and oxygen atoms in total. The van der Waals surface area contributed by atoms with Crippen molar-refractivity contribution in [1.82, 2.24) is 19.9 Å². The second-order valence-corrected chi connectivity index (χ2v) is 8.89. The molecule has 1 saturated heterocycles. The predicted molar refractivity (Wildman–Crippen MR) is 139 cm³/mol. The molecule has 1 aliphatic rings.